The molecule has 0 radical (unpaired) electrons. The lowest BCUT2D eigenvalue weighted by Crippen LogP contribution is -2.37. The summed E-state index contributed by atoms with van der Waals surface area (Å²) >= 11 is 0. The van der Waals surface area contributed by atoms with Gasteiger partial charge in [0.1, 0.15) is 0 Å². The molecule has 136 valence electrons. The van der Waals surface area contributed by atoms with Gasteiger partial charge in [0.05, 0.1) is 5.71 Å². The van der Waals surface area contributed by atoms with Gasteiger partial charge in [0, 0.05) is 20.6 Å². The van der Waals surface area contributed by atoms with Crippen LogP contribution in [0.25, 0.3) is 11.2 Å². The first kappa shape index (κ1) is 17.7. The molecule has 0 aliphatic rings. The van der Waals surface area contributed by atoms with E-state index in [1.54, 1.807) is 11.6 Å². The number of aromatic nitrogens is 4. The maximum absolute atomic E-state index is 12.6. The zero-order valence-corrected chi connectivity index (χ0v) is 15.4. The van der Waals surface area contributed by atoms with Crippen molar-refractivity contribution in [1.29, 1.82) is 0 Å². The number of imidazole rings is 1. The van der Waals surface area contributed by atoms with Gasteiger partial charge in [-0.1, -0.05) is 37.3 Å². The normalized spacial score (nSPS) is 11.9. The lowest BCUT2D eigenvalue weighted by molar-refractivity contribution is 0.678. The molecule has 2 aromatic heterocycles. The number of anilines is 1. The minimum absolute atomic E-state index is 0.349. The largest absolute Gasteiger partial charge is 0.332 e. The highest BCUT2D eigenvalue weighted by Crippen LogP contribution is 2.16. The first-order valence-corrected chi connectivity index (χ1v) is 8.47. The second-order valence-electron chi connectivity index (χ2n) is 6.14. The SMILES string of the molecule is CCCn1c(N/N=C(\C)c2ccccc2)nc2c1c(=O)n(C)c(=O)n2C. The summed E-state index contributed by atoms with van der Waals surface area (Å²) in [6.07, 6.45) is 0.813. The third kappa shape index (κ3) is 2.94. The Kier molecular flexibility index (Phi) is 4.75. The molecule has 0 saturated heterocycles. The molecule has 0 fully saturated rings. The number of benzene rings is 1. The fourth-order valence-corrected chi connectivity index (χ4v) is 2.85. The van der Waals surface area contributed by atoms with E-state index in [2.05, 4.69) is 15.5 Å². The van der Waals surface area contributed by atoms with Crippen molar-refractivity contribution in [2.24, 2.45) is 19.2 Å². The van der Waals surface area contributed by atoms with Crippen LogP contribution < -0.4 is 16.7 Å². The molecule has 8 nitrogen and oxygen atoms in total. The quantitative estimate of drug-likeness (QED) is 0.558. The van der Waals surface area contributed by atoms with Crippen LogP contribution in [0.15, 0.2) is 45.0 Å². The van der Waals surface area contributed by atoms with Crippen molar-refractivity contribution in [3.63, 3.8) is 0 Å². The minimum atomic E-state index is -0.404. The summed E-state index contributed by atoms with van der Waals surface area (Å²) in [5.41, 5.74) is 4.72. The van der Waals surface area contributed by atoms with Gasteiger partial charge in [-0.25, -0.2) is 10.2 Å². The van der Waals surface area contributed by atoms with Gasteiger partial charge >= 0.3 is 5.69 Å². The van der Waals surface area contributed by atoms with Crippen molar-refractivity contribution < 1.29 is 0 Å². The maximum atomic E-state index is 12.6. The molecule has 26 heavy (non-hydrogen) atoms. The van der Waals surface area contributed by atoms with Crippen LogP contribution in [-0.4, -0.2) is 24.4 Å². The molecule has 3 rings (SSSR count). The van der Waals surface area contributed by atoms with E-state index in [4.69, 9.17) is 0 Å². The van der Waals surface area contributed by atoms with E-state index in [1.165, 1.54) is 11.6 Å². The smallest absolute Gasteiger partial charge is 0.303 e. The highest BCUT2D eigenvalue weighted by molar-refractivity contribution is 5.99. The van der Waals surface area contributed by atoms with E-state index in [9.17, 15) is 9.59 Å². The Hall–Kier alpha value is -3.16. The van der Waals surface area contributed by atoms with Gasteiger partial charge in [0.15, 0.2) is 11.2 Å². The molecule has 0 aliphatic carbocycles. The van der Waals surface area contributed by atoms with E-state index >= 15 is 0 Å². The molecular formula is C18H22N6O2. The van der Waals surface area contributed by atoms with Gasteiger partial charge in [0.2, 0.25) is 5.95 Å². The summed E-state index contributed by atoms with van der Waals surface area (Å²) in [4.78, 5) is 29.2. The Morgan fingerprint density at radius 1 is 1.15 bits per heavy atom. The van der Waals surface area contributed by atoms with Crippen LogP contribution in [0.3, 0.4) is 0 Å². The molecule has 0 unspecified atom stereocenters. The van der Waals surface area contributed by atoms with Crippen molar-refractivity contribution >= 4 is 22.8 Å². The van der Waals surface area contributed by atoms with Crippen LogP contribution in [-0.2, 0) is 20.6 Å². The number of hydrogen-bond donors (Lipinski definition) is 1. The average Bonchev–Trinajstić information content (AvgIpc) is 3.02. The van der Waals surface area contributed by atoms with E-state index in [-0.39, 0.29) is 5.56 Å². The van der Waals surface area contributed by atoms with Crippen LogP contribution in [0, 0.1) is 0 Å². The summed E-state index contributed by atoms with van der Waals surface area (Å²) in [6.45, 7) is 4.50. The van der Waals surface area contributed by atoms with Crippen LogP contribution in [0.1, 0.15) is 25.8 Å². The van der Waals surface area contributed by atoms with Gasteiger partial charge in [-0.3, -0.25) is 13.9 Å². The van der Waals surface area contributed by atoms with Crippen molar-refractivity contribution in [2.75, 3.05) is 5.43 Å². The van der Waals surface area contributed by atoms with Crippen LogP contribution in [0.5, 0.6) is 0 Å². The van der Waals surface area contributed by atoms with Gasteiger partial charge in [0.25, 0.3) is 5.56 Å². The highest BCUT2D eigenvalue weighted by Gasteiger charge is 2.18. The number of nitrogens with zero attached hydrogens (tertiary/aromatic N) is 5. The standard InChI is InChI=1S/C18H22N6O2/c1-5-11-24-14-15(22(3)18(26)23(4)16(14)25)19-17(24)21-20-12(2)13-9-7-6-8-10-13/h6-10H,5,11H2,1-4H3,(H,19,21)/b20-12+. The third-order valence-corrected chi connectivity index (χ3v) is 4.31. The zero-order chi connectivity index (χ0) is 18.8. The van der Waals surface area contributed by atoms with Crippen molar-refractivity contribution in [2.45, 2.75) is 26.8 Å². The molecule has 0 amide bonds. The molecule has 1 N–H and O–H groups in total. The fourth-order valence-electron chi connectivity index (χ4n) is 2.85. The van der Waals surface area contributed by atoms with Gasteiger partial charge in [-0.15, -0.1) is 0 Å². The lowest BCUT2D eigenvalue weighted by atomic mass is 10.1. The summed E-state index contributed by atoms with van der Waals surface area (Å²) in [5.74, 6) is 0.440. The van der Waals surface area contributed by atoms with E-state index in [1.807, 2.05) is 44.2 Å². The first-order valence-electron chi connectivity index (χ1n) is 8.47. The number of rotatable bonds is 5. The topological polar surface area (TPSA) is 86.2 Å². The Morgan fingerprint density at radius 2 is 1.85 bits per heavy atom. The second-order valence-corrected chi connectivity index (χ2v) is 6.14. The summed E-state index contributed by atoms with van der Waals surface area (Å²) < 4.78 is 4.25. The fraction of sp³-hybridized carbons (Fsp3) is 0.333. The molecule has 2 heterocycles. The number of aryl methyl sites for hydroxylation is 2. The number of hydrazone groups is 1. The molecule has 1 aromatic carbocycles. The van der Waals surface area contributed by atoms with Crippen LogP contribution in [0.2, 0.25) is 0 Å². The van der Waals surface area contributed by atoms with Crippen molar-refractivity contribution in [1.82, 2.24) is 18.7 Å². The second kappa shape index (κ2) is 6.99. The van der Waals surface area contributed by atoms with Gasteiger partial charge in [-0.05, 0) is 18.9 Å². The van der Waals surface area contributed by atoms with Gasteiger partial charge < -0.3 is 4.57 Å². The van der Waals surface area contributed by atoms with E-state index in [0.29, 0.717) is 23.7 Å². The molecule has 0 atom stereocenters. The highest BCUT2D eigenvalue weighted by atomic mass is 16.2. The van der Waals surface area contributed by atoms with E-state index < -0.39 is 5.69 Å². The van der Waals surface area contributed by atoms with Crippen molar-refractivity contribution in [3.05, 3.63) is 56.7 Å². The molecule has 3 aromatic rings. The Bertz CT molecular complexity index is 1090. The summed E-state index contributed by atoms with van der Waals surface area (Å²) in [6, 6.07) is 9.77. The molecule has 0 saturated carbocycles. The Morgan fingerprint density at radius 3 is 2.50 bits per heavy atom. The van der Waals surface area contributed by atoms with Gasteiger partial charge in [-0.2, -0.15) is 10.1 Å². The maximum Gasteiger partial charge on any atom is 0.332 e. The van der Waals surface area contributed by atoms with Crippen molar-refractivity contribution in [3.8, 4) is 0 Å². The van der Waals surface area contributed by atoms with Crippen LogP contribution in [0.4, 0.5) is 5.95 Å². The van der Waals surface area contributed by atoms with Crippen LogP contribution >= 0.6 is 0 Å². The molecular weight excluding hydrogens is 332 g/mol. The average molecular weight is 354 g/mol. The minimum Gasteiger partial charge on any atom is -0.303 e. The Balaban J connectivity index is 2.13. The van der Waals surface area contributed by atoms with E-state index in [0.717, 1.165) is 22.3 Å². The number of nitrogens with one attached hydrogen (secondary N) is 1. The number of fused-ring (bicyclic) bond motifs is 1. The third-order valence-electron chi connectivity index (χ3n) is 4.31. The predicted molar refractivity (Wildman–Crippen MR) is 103 cm³/mol. The molecule has 0 aliphatic heterocycles. The summed E-state index contributed by atoms with van der Waals surface area (Å²) in [5, 5.41) is 4.39. The molecule has 0 spiro atoms. The number of hydrogen-bond acceptors (Lipinski definition) is 5. The first-order chi connectivity index (χ1) is 12.5. The predicted octanol–water partition coefficient (Wildman–Crippen LogP) is 1.68. The zero-order valence-electron chi connectivity index (χ0n) is 15.4. The molecule has 8 heteroatoms. The lowest BCUT2D eigenvalue weighted by Gasteiger charge is -2.08. The summed E-state index contributed by atoms with van der Waals surface area (Å²) in [7, 11) is 3.08. The monoisotopic (exact) mass is 354 g/mol. The Labute approximate surface area is 150 Å². The molecule has 0 bridgehead atoms.